The van der Waals surface area contributed by atoms with Crippen LogP contribution in [0.25, 0.3) is 0 Å². The van der Waals surface area contributed by atoms with Gasteiger partial charge in [0.15, 0.2) is 0 Å². The van der Waals surface area contributed by atoms with Crippen LogP contribution in [0.1, 0.15) is 29.3 Å². The Labute approximate surface area is 139 Å². The van der Waals surface area contributed by atoms with E-state index in [-0.39, 0.29) is 11.8 Å². The van der Waals surface area contributed by atoms with E-state index in [1.54, 1.807) is 24.3 Å². The fourth-order valence-corrected chi connectivity index (χ4v) is 3.36. The zero-order chi connectivity index (χ0) is 16.6. The number of rotatable bonds is 4. The molecule has 23 heavy (non-hydrogen) atoms. The lowest BCUT2D eigenvalue weighted by Gasteiger charge is -2.19. The van der Waals surface area contributed by atoms with Gasteiger partial charge in [0.2, 0.25) is 0 Å². The maximum atomic E-state index is 14.1. The molecule has 1 amide bonds. The van der Waals surface area contributed by atoms with Gasteiger partial charge in [0.25, 0.3) is 5.91 Å². The van der Waals surface area contributed by atoms with E-state index in [1.165, 1.54) is 12.1 Å². The van der Waals surface area contributed by atoms with Gasteiger partial charge >= 0.3 is 0 Å². The third-order valence-corrected chi connectivity index (χ3v) is 5.02. The van der Waals surface area contributed by atoms with Gasteiger partial charge in [-0.1, -0.05) is 25.1 Å². The van der Waals surface area contributed by atoms with Crippen LogP contribution in [-0.2, 0) is 5.41 Å². The maximum absolute atomic E-state index is 14.1. The lowest BCUT2D eigenvalue weighted by molar-refractivity contribution is 0.0946. The Morgan fingerprint density at radius 3 is 2.61 bits per heavy atom. The van der Waals surface area contributed by atoms with Crippen molar-refractivity contribution >= 4 is 18.5 Å². The van der Waals surface area contributed by atoms with E-state index in [0.717, 1.165) is 12.5 Å². The molecule has 0 radical (unpaired) electrons. The predicted molar refractivity (Wildman–Crippen MR) is 87.8 cm³/mol. The summed E-state index contributed by atoms with van der Waals surface area (Å²) in [5.74, 6) is -1.16. The summed E-state index contributed by atoms with van der Waals surface area (Å²) in [6.45, 7) is 2.32. The molecule has 0 aromatic heterocycles. The van der Waals surface area contributed by atoms with Crippen LogP contribution in [0.4, 0.5) is 8.78 Å². The first kappa shape index (κ1) is 16.0. The second kappa shape index (κ2) is 5.96. The summed E-state index contributed by atoms with van der Waals surface area (Å²) in [5.41, 5.74) is 0.489. The van der Waals surface area contributed by atoms with Crippen LogP contribution in [0, 0.1) is 17.6 Å². The first-order valence-electron chi connectivity index (χ1n) is 7.46. The quantitative estimate of drug-likeness (QED) is 0.815. The van der Waals surface area contributed by atoms with Crippen molar-refractivity contribution < 1.29 is 13.6 Å². The highest BCUT2D eigenvalue weighted by atomic mass is 32.1. The van der Waals surface area contributed by atoms with Crippen molar-refractivity contribution in [1.82, 2.24) is 5.32 Å². The molecule has 1 N–H and O–H groups in total. The Hall–Kier alpha value is -1.88. The van der Waals surface area contributed by atoms with Gasteiger partial charge in [0.05, 0.1) is 5.56 Å². The Balaban J connectivity index is 1.78. The summed E-state index contributed by atoms with van der Waals surface area (Å²) >= 11 is 4.27. The van der Waals surface area contributed by atoms with Gasteiger partial charge in [-0.05, 0) is 36.1 Å². The second-order valence-corrected chi connectivity index (χ2v) is 6.57. The van der Waals surface area contributed by atoms with E-state index in [4.69, 9.17) is 0 Å². The van der Waals surface area contributed by atoms with Crippen LogP contribution < -0.4 is 5.32 Å². The van der Waals surface area contributed by atoms with E-state index in [1.807, 2.05) is 6.92 Å². The monoisotopic (exact) mass is 333 g/mol. The fraction of sp³-hybridized carbons (Fsp3) is 0.278. The number of hydrogen-bond acceptors (Lipinski definition) is 2. The number of thiol groups is 1. The number of nitrogens with one attached hydrogen (secondary N) is 1. The van der Waals surface area contributed by atoms with Crippen LogP contribution in [0.5, 0.6) is 0 Å². The Morgan fingerprint density at radius 2 is 2.00 bits per heavy atom. The van der Waals surface area contributed by atoms with Crippen LogP contribution in [0.2, 0.25) is 0 Å². The predicted octanol–water partition coefficient (Wildman–Crippen LogP) is 3.96. The molecule has 0 saturated heterocycles. The van der Waals surface area contributed by atoms with E-state index in [0.29, 0.717) is 22.6 Å². The average Bonchev–Trinajstić information content (AvgIpc) is 3.16. The van der Waals surface area contributed by atoms with Crippen molar-refractivity contribution in [2.45, 2.75) is 23.7 Å². The number of carbonyl (C=O) groups excluding carboxylic acids is 1. The third kappa shape index (κ3) is 2.98. The van der Waals surface area contributed by atoms with E-state index in [9.17, 15) is 13.6 Å². The number of halogens is 2. The van der Waals surface area contributed by atoms with Gasteiger partial charge in [-0.25, -0.2) is 8.78 Å². The lowest BCUT2D eigenvalue weighted by Crippen LogP contribution is -2.34. The zero-order valence-electron chi connectivity index (χ0n) is 12.6. The summed E-state index contributed by atoms with van der Waals surface area (Å²) in [6.07, 6.45) is 0.762. The molecule has 2 aromatic carbocycles. The maximum Gasteiger partial charge on any atom is 0.252 e. The minimum Gasteiger partial charge on any atom is -0.351 e. The molecular weight excluding hydrogens is 316 g/mol. The van der Waals surface area contributed by atoms with Crippen LogP contribution in [-0.4, -0.2) is 12.5 Å². The molecule has 0 aliphatic heterocycles. The number of benzene rings is 2. The van der Waals surface area contributed by atoms with Crippen molar-refractivity contribution in [2.75, 3.05) is 6.54 Å². The average molecular weight is 333 g/mol. The molecule has 0 spiro atoms. The SMILES string of the molecule is CC1CC1(CNC(=O)c1ccccc1S)c1ccc(F)cc1F. The molecule has 2 atom stereocenters. The molecule has 120 valence electrons. The van der Waals surface area contributed by atoms with Crippen molar-refractivity contribution in [3.8, 4) is 0 Å². The molecule has 1 aliphatic rings. The van der Waals surface area contributed by atoms with E-state index < -0.39 is 17.0 Å². The Kier molecular flexibility index (Phi) is 4.15. The lowest BCUT2D eigenvalue weighted by atomic mass is 9.92. The largest absolute Gasteiger partial charge is 0.351 e. The number of amides is 1. The van der Waals surface area contributed by atoms with Gasteiger partial charge in [-0.15, -0.1) is 12.6 Å². The van der Waals surface area contributed by atoms with Crippen molar-refractivity contribution in [1.29, 1.82) is 0 Å². The molecular formula is C18H17F2NOS. The van der Waals surface area contributed by atoms with Gasteiger partial charge in [0.1, 0.15) is 11.6 Å². The smallest absolute Gasteiger partial charge is 0.252 e. The molecule has 5 heteroatoms. The summed E-state index contributed by atoms with van der Waals surface area (Å²) in [4.78, 5) is 12.9. The molecule has 1 aliphatic carbocycles. The summed E-state index contributed by atoms with van der Waals surface area (Å²) < 4.78 is 27.2. The van der Waals surface area contributed by atoms with Crippen molar-refractivity contribution in [3.05, 3.63) is 65.2 Å². The van der Waals surface area contributed by atoms with Gasteiger partial charge in [0, 0.05) is 22.9 Å². The topological polar surface area (TPSA) is 29.1 Å². The summed E-state index contributed by atoms with van der Waals surface area (Å²) in [5, 5.41) is 2.87. The van der Waals surface area contributed by atoms with Crippen LogP contribution >= 0.6 is 12.6 Å². The van der Waals surface area contributed by atoms with Crippen molar-refractivity contribution in [3.63, 3.8) is 0 Å². The number of carbonyl (C=O) groups is 1. The molecule has 1 fully saturated rings. The third-order valence-electron chi connectivity index (χ3n) is 4.63. The van der Waals surface area contributed by atoms with Gasteiger partial charge in [-0.2, -0.15) is 0 Å². The molecule has 3 rings (SSSR count). The molecule has 2 aromatic rings. The normalized spacial score (nSPS) is 22.7. The molecule has 0 bridgehead atoms. The van der Waals surface area contributed by atoms with Crippen molar-refractivity contribution in [2.24, 2.45) is 5.92 Å². The minimum absolute atomic E-state index is 0.231. The molecule has 2 nitrogen and oxygen atoms in total. The Bertz CT molecular complexity index is 764. The Morgan fingerprint density at radius 1 is 1.30 bits per heavy atom. The standard InChI is InChI=1S/C18H17F2NOS/c1-11-9-18(11,14-7-6-12(19)8-15(14)20)10-21-17(22)13-4-2-3-5-16(13)23/h2-8,11,23H,9-10H2,1H3,(H,21,22). The van der Waals surface area contributed by atoms with E-state index >= 15 is 0 Å². The highest BCUT2D eigenvalue weighted by molar-refractivity contribution is 7.80. The first-order valence-corrected chi connectivity index (χ1v) is 7.90. The highest BCUT2D eigenvalue weighted by Crippen LogP contribution is 2.54. The van der Waals surface area contributed by atoms with E-state index in [2.05, 4.69) is 17.9 Å². The molecule has 2 unspecified atom stereocenters. The second-order valence-electron chi connectivity index (χ2n) is 6.09. The van der Waals surface area contributed by atoms with Gasteiger partial charge in [-0.3, -0.25) is 4.79 Å². The van der Waals surface area contributed by atoms with Gasteiger partial charge < -0.3 is 5.32 Å². The highest BCUT2D eigenvalue weighted by Gasteiger charge is 2.53. The summed E-state index contributed by atoms with van der Waals surface area (Å²) in [6, 6.07) is 10.6. The fourth-order valence-electron chi connectivity index (χ4n) is 3.10. The minimum atomic E-state index is -0.595. The first-order chi connectivity index (χ1) is 10.9. The number of hydrogen-bond donors (Lipinski definition) is 2. The zero-order valence-corrected chi connectivity index (χ0v) is 13.5. The van der Waals surface area contributed by atoms with Crippen LogP contribution in [0.15, 0.2) is 47.4 Å². The molecule has 1 saturated carbocycles. The van der Waals surface area contributed by atoms with Crippen LogP contribution in [0.3, 0.4) is 0 Å². The summed E-state index contributed by atoms with van der Waals surface area (Å²) in [7, 11) is 0. The molecule has 0 heterocycles.